The Balaban J connectivity index is 1.24. The SMILES string of the molecule is C#Cc1ccc(Oc2ccc(C(c3ccc(Oc4ccc(C#C)c(CCCC)c4)cc3)(c3ccc(Oc4ccc(C#C)c(CCCC)c4)cc3)c3ccc(Oc4ccc(C#C)c(CCCC)c4)cc3)cc2)cc1CCCC. The second-order valence-electron chi connectivity index (χ2n) is 19.5. The molecule has 0 unspecified atom stereocenters. The highest BCUT2D eigenvalue weighted by Crippen LogP contribution is 2.47. The Morgan fingerprint density at radius 1 is 0.286 bits per heavy atom. The van der Waals surface area contributed by atoms with E-state index in [0.29, 0.717) is 23.0 Å². The lowest BCUT2D eigenvalue weighted by Gasteiger charge is -2.37. The summed E-state index contributed by atoms with van der Waals surface area (Å²) in [5.74, 6) is 17.2. The summed E-state index contributed by atoms with van der Waals surface area (Å²) < 4.78 is 26.3. The van der Waals surface area contributed by atoms with Crippen LogP contribution in [0.15, 0.2) is 170 Å². The van der Waals surface area contributed by atoms with Gasteiger partial charge in [0.25, 0.3) is 0 Å². The van der Waals surface area contributed by atoms with Crippen molar-refractivity contribution in [2.45, 2.75) is 110 Å². The van der Waals surface area contributed by atoms with Gasteiger partial charge in [-0.15, -0.1) is 25.7 Å². The van der Waals surface area contributed by atoms with E-state index in [0.717, 1.165) is 167 Å². The van der Waals surface area contributed by atoms with Gasteiger partial charge in [0.1, 0.15) is 46.0 Å². The Morgan fingerprint density at radius 2 is 0.481 bits per heavy atom. The molecule has 0 heterocycles. The van der Waals surface area contributed by atoms with Gasteiger partial charge in [0.15, 0.2) is 0 Å². The van der Waals surface area contributed by atoms with Gasteiger partial charge in [0, 0.05) is 22.3 Å². The number of hydrogen-bond acceptors (Lipinski definition) is 4. The first-order valence-corrected chi connectivity index (χ1v) is 27.3. The average molecular weight is 1010 g/mol. The van der Waals surface area contributed by atoms with Crippen LogP contribution in [-0.2, 0) is 31.1 Å². The number of rotatable bonds is 24. The predicted octanol–water partition coefficient (Wildman–Crippen LogP) is 18.5. The Hall–Kier alpha value is -8.80. The molecule has 0 aliphatic rings. The van der Waals surface area contributed by atoms with E-state index in [1.165, 1.54) is 0 Å². The summed E-state index contributed by atoms with van der Waals surface area (Å²) in [6.45, 7) is 8.74. The normalized spacial score (nSPS) is 10.9. The van der Waals surface area contributed by atoms with Crippen LogP contribution in [0.25, 0.3) is 0 Å². The van der Waals surface area contributed by atoms with Gasteiger partial charge >= 0.3 is 0 Å². The van der Waals surface area contributed by atoms with Crippen LogP contribution in [0.3, 0.4) is 0 Å². The molecule has 0 aliphatic carbocycles. The zero-order valence-corrected chi connectivity index (χ0v) is 45.1. The third-order valence-corrected chi connectivity index (χ3v) is 14.2. The van der Waals surface area contributed by atoms with Crippen LogP contribution in [0.2, 0.25) is 0 Å². The van der Waals surface area contributed by atoms with Gasteiger partial charge in [-0.05, 0) is 217 Å². The number of aryl methyl sites for hydroxylation is 4. The summed E-state index contributed by atoms with van der Waals surface area (Å²) in [7, 11) is 0. The van der Waals surface area contributed by atoms with Gasteiger partial charge < -0.3 is 18.9 Å². The summed E-state index contributed by atoms with van der Waals surface area (Å²) in [6.07, 6.45) is 35.7. The quantitative estimate of drug-likeness (QED) is 0.0446. The molecule has 0 radical (unpaired) electrons. The van der Waals surface area contributed by atoms with Crippen molar-refractivity contribution in [3.8, 4) is 95.4 Å². The Bertz CT molecular complexity index is 2960. The number of hydrogen-bond donors (Lipinski definition) is 0. The van der Waals surface area contributed by atoms with Crippen LogP contribution in [0, 0.1) is 49.4 Å². The molecule has 8 rings (SSSR count). The van der Waals surface area contributed by atoms with Crippen LogP contribution in [0.4, 0.5) is 0 Å². The molecule has 0 saturated heterocycles. The lowest BCUT2D eigenvalue weighted by Crippen LogP contribution is -2.31. The zero-order chi connectivity index (χ0) is 54.0. The highest BCUT2D eigenvalue weighted by molar-refractivity contribution is 5.62. The lowest BCUT2D eigenvalue weighted by molar-refractivity contribution is 0.480. The van der Waals surface area contributed by atoms with Crippen molar-refractivity contribution in [1.29, 1.82) is 0 Å². The molecule has 0 aromatic heterocycles. The largest absolute Gasteiger partial charge is 0.457 e. The monoisotopic (exact) mass is 1010 g/mol. The molecule has 0 atom stereocenters. The van der Waals surface area contributed by atoms with Crippen LogP contribution >= 0.6 is 0 Å². The van der Waals surface area contributed by atoms with Crippen molar-refractivity contribution < 1.29 is 18.9 Å². The smallest absolute Gasteiger partial charge is 0.127 e. The number of terminal acetylenes is 4. The summed E-state index contributed by atoms with van der Waals surface area (Å²) in [5, 5.41) is 0. The maximum atomic E-state index is 6.58. The first kappa shape index (κ1) is 54.5. The van der Waals surface area contributed by atoms with Crippen LogP contribution in [-0.4, -0.2) is 0 Å². The maximum Gasteiger partial charge on any atom is 0.127 e. The van der Waals surface area contributed by atoms with E-state index in [4.69, 9.17) is 44.6 Å². The van der Waals surface area contributed by atoms with E-state index in [1.54, 1.807) is 0 Å². The third kappa shape index (κ3) is 13.2. The zero-order valence-electron chi connectivity index (χ0n) is 45.1. The second-order valence-corrected chi connectivity index (χ2v) is 19.5. The molecule has 8 aromatic rings. The van der Waals surface area contributed by atoms with E-state index >= 15 is 0 Å². The Morgan fingerprint density at radius 3 is 0.662 bits per heavy atom. The Kier molecular flexibility index (Phi) is 18.8. The molecule has 0 fully saturated rings. The minimum absolute atomic E-state index is 0.700. The van der Waals surface area contributed by atoms with Crippen LogP contribution < -0.4 is 18.9 Å². The van der Waals surface area contributed by atoms with Crippen molar-refractivity contribution >= 4 is 0 Å². The lowest BCUT2D eigenvalue weighted by atomic mass is 9.65. The molecule has 0 aliphatic heterocycles. The summed E-state index contributed by atoms with van der Waals surface area (Å²) in [4.78, 5) is 0. The highest BCUT2D eigenvalue weighted by atomic mass is 16.5. The molecule has 4 heteroatoms. The summed E-state index contributed by atoms with van der Waals surface area (Å²) in [5.41, 5.74) is 11.2. The molecule has 0 saturated carbocycles. The number of ether oxygens (including phenoxy) is 4. The second kappa shape index (κ2) is 26.6. The molecule has 0 N–H and O–H groups in total. The third-order valence-electron chi connectivity index (χ3n) is 14.2. The summed E-state index contributed by atoms with van der Waals surface area (Å²) >= 11 is 0. The molecule has 4 nitrogen and oxygen atoms in total. The molecule has 0 bridgehead atoms. The first-order chi connectivity index (χ1) is 37.7. The summed E-state index contributed by atoms with van der Waals surface area (Å²) in [6, 6.07) is 57.5. The van der Waals surface area contributed by atoms with E-state index in [2.05, 4.69) is 124 Å². The predicted molar refractivity (Wildman–Crippen MR) is 317 cm³/mol. The van der Waals surface area contributed by atoms with Gasteiger partial charge in [0.05, 0.1) is 5.41 Å². The van der Waals surface area contributed by atoms with Crippen molar-refractivity contribution in [3.63, 3.8) is 0 Å². The van der Waals surface area contributed by atoms with Crippen molar-refractivity contribution in [2.24, 2.45) is 0 Å². The van der Waals surface area contributed by atoms with Gasteiger partial charge in [0.2, 0.25) is 0 Å². The molecule has 0 spiro atoms. The van der Waals surface area contributed by atoms with Gasteiger partial charge in [-0.3, -0.25) is 0 Å². The fourth-order valence-electron chi connectivity index (χ4n) is 10.0. The molecule has 0 amide bonds. The molecular formula is C73H68O4. The van der Waals surface area contributed by atoms with Crippen molar-refractivity contribution in [3.05, 3.63) is 237 Å². The van der Waals surface area contributed by atoms with Crippen molar-refractivity contribution in [1.82, 2.24) is 0 Å². The van der Waals surface area contributed by atoms with Crippen LogP contribution in [0.5, 0.6) is 46.0 Å². The standard InChI is InChI=1S/C73H68O4/c1-9-17-21-57-49-69(37-25-53(57)13-5)74-65-41-29-61(30-42-65)73(62-31-43-66(44-32-62)75-70-38-26-54(14-6)58(50-70)22-18-10-2,63-33-45-67(46-34-63)76-71-39-27-55(15-7)59(51-71)23-19-11-3)64-35-47-68(48-36-64)77-72-40-28-56(16-8)60(52-72)24-20-12-4/h5-8,25-52H,9-12,17-24H2,1-4H3. The number of benzene rings is 8. The topological polar surface area (TPSA) is 36.9 Å². The van der Waals surface area contributed by atoms with Gasteiger partial charge in [-0.1, -0.05) is 126 Å². The Labute approximate surface area is 458 Å². The van der Waals surface area contributed by atoms with E-state index in [-0.39, 0.29) is 0 Å². The fraction of sp³-hybridized carbons (Fsp3) is 0.233. The first-order valence-electron chi connectivity index (χ1n) is 27.3. The molecule has 8 aromatic carbocycles. The van der Waals surface area contributed by atoms with Crippen LogP contribution in [0.1, 0.15) is 146 Å². The highest BCUT2D eigenvalue weighted by Gasteiger charge is 2.39. The van der Waals surface area contributed by atoms with Gasteiger partial charge in [-0.2, -0.15) is 0 Å². The fourth-order valence-corrected chi connectivity index (χ4v) is 10.0. The van der Waals surface area contributed by atoms with E-state index in [9.17, 15) is 0 Å². The molecule has 384 valence electrons. The van der Waals surface area contributed by atoms with Gasteiger partial charge in [-0.25, -0.2) is 0 Å². The van der Waals surface area contributed by atoms with Crippen molar-refractivity contribution in [2.75, 3.05) is 0 Å². The van der Waals surface area contributed by atoms with E-state index < -0.39 is 5.41 Å². The number of unbranched alkanes of at least 4 members (excludes halogenated alkanes) is 4. The minimum Gasteiger partial charge on any atom is -0.457 e. The van der Waals surface area contributed by atoms with E-state index in [1.807, 2.05) is 97.1 Å². The minimum atomic E-state index is -0.888. The molecule has 77 heavy (non-hydrogen) atoms. The molecular weight excluding hydrogens is 941 g/mol. The average Bonchev–Trinajstić information content (AvgIpc) is 3.47. The maximum absolute atomic E-state index is 6.58.